The molecular weight excluding hydrogens is 270 g/mol. The first-order valence-corrected chi connectivity index (χ1v) is 7.25. The summed E-state index contributed by atoms with van der Waals surface area (Å²) in [6.45, 7) is 13.6. The highest BCUT2D eigenvalue weighted by Crippen LogP contribution is 2.31. The van der Waals surface area contributed by atoms with Crippen LogP contribution in [-0.4, -0.2) is 4.98 Å². The van der Waals surface area contributed by atoms with Crippen LogP contribution in [0.25, 0.3) is 27.0 Å². The van der Waals surface area contributed by atoms with E-state index in [2.05, 4.69) is 47.3 Å². The fourth-order valence-corrected chi connectivity index (χ4v) is 2.91. The monoisotopic (exact) mass is 288 g/mol. The first-order chi connectivity index (χ1) is 10.5. The fourth-order valence-electron chi connectivity index (χ4n) is 2.91. The minimum absolute atomic E-state index is 0.622. The van der Waals surface area contributed by atoms with Crippen LogP contribution < -0.4 is 4.57 Å². The summed E-state index contributed by atoms with van der Waals surface area (Å²) in [6.07, 6.45) is 1.82. The molecule has 3 nitrogen and oxygen atoms in total. The summed E-state index contributed by atoms with van der Waals surface area (Å²) in [5.74, 6) is 0. The maximum atomic E-state index is 7.16. The van der Waals surface area contributed by atoms with Crippen LogP contribution in [0.5, 0.6) is 0 Å². The number of hydrogen-bond acceptors (Lipinski definition) is 1. The van der Waals surface area contributed by atoms with Crippen molar-refractivity contribution in [1.82, 2.24) is 4.98 Å². The van der Waals surface area contributed by atoms with Crippen LogP contribution in [0.4, 0.5) is 5.69 Å². The maximum absolute atomic E-state index is 7.16. The summed E-state index contributed by atoms with van der Waals surface area (Å²) >= 11 is 0. The number of aryl methyl sites for hydroxylation is 3. The molecule has 0 saturated heterocycles. The van der Waals surface area contributed by atoms with Gasteiger partial charge < -0.3 is 0 Å². The quantitative estimate of drug-likeness (QED) is 0.485. The molecule has 0 saturated carbocycles. The molecule has 0 bridgehead atoms. The lowest BCUT2D eigenvalue weighted by molar-refractivity contribution is -0.662. The third kappa shape index (κ3) is 2.23. The largest absolute Gasteiger partial charge is 0.287 e. The number of benzene rings is 2. The number of aromatic nitrogens is 2. The van der Waals surface area contributed by atoms with Crippen LogP contribution in [0.3, 0.4) is 0 Å². The summed E-state index contributed by atoms with van der Waals surface area (Å²) in [7, 11) is 2.02. The summed E-state index contributed by atoms with van der Waals surface area (Å²) in [6, 6.07) is 10.1. The van der Waals surface area contributed by atoms with Crippen molar-refractivity contribution in [2.75, 3.05) is 0 Å². The van der Waals surface area contributed by atoms with E-state index in [4.69, 9.17) is 6.57 Å². The van der Waals surface area contributed by atoms with Crippen molar-refractivity contribution in [3.63, 3.8) is 0 Å². The van der Waals surface area contributed by atoms with Gasteiger partial charge in [0.25, 0.3) is 6.33 Å². The molecule has 0 aliphatic heterocycles. The molecule has 0 amide bonds. The van der Waals surface area contributed by atoms with E-state index < -0.39 is 0 Å². The van der Waals surface area contributed by atoms with E-state index >= 15 is 0 Å². The van der Waals surface area contributed by atoms with E-state index in [1.165, 1.54) is 22.3 Å². The average Bonchev–Trinajstić information content (AvgIpc) is 2.50. The standard InChI is InChI=1S/C19H18N3/c1-12-8-13(2)14(3)17(9-12)19-16-7-6-15(20-4)10-18(16)21-11-22(19)5/h6-11H,1-3,5H3/q+1. The fraction of sp³-hybridized carbons (Fsp3) is 0.211. The number of fused-ring (bicyclic) bond motifs is 1. The molecule has 2 aromatic carbocycles. The van der Waals surface area contributed by atoms with Gasteiger partial charge in [-0.2, -0.15) is 0 Å². The molecule has 1 aromatic heterocycles. The van der Waals surface area contributed by atoms with Gasteiger partial charge in [0.1, 0.15) is 5.69 Å². The molecule has 0 aliphatic carbocycles. The minimum atomic E-state index is 0.622. The second-order valence-corrected chi connectivity index (χ2v) is 5.77. The van der Waals surface area contributed by atoms with Crippen LogP contribution in [0, 0.1) is 27.3 Å². The Morgan fingerprint density at radius 3 is 2.59 bits per heavy atom. The van der Waals surface area contributed by atoms with Gasteiger partial charge in [0.2, 0.25) is 0 Å². The highest BCUT2D eigenvalue weighted by molar-refractivity contribution is 5.93. The maximum Gasteiger partial charge on any atom is 0.287 e. The van der Waals surface area contributed by atoms with E-state index in [0.29, 0.717) is 5.69 Å². The highest BCUT2D eigenvalue weighted by Gasteiger charge is 2.18. The van der Waals surface area contributed by atoms with E-state index in [-0.39, 0.29) is 0 Å². The van der Waals surface area contributed by atoms with Gasteiger partial charge in [0.15, 0.2) is 11.2 Å². The average molecular weight is 288 g/mol. The molecule has 0 spiro atoms. The lowest BCUT2D eigenvalue weighted by atomic mass is 9.95. The van der Waals surface area contributed by atoms with Gasteiger partial charge in [-0.3, -0.25) is 0 Å². The lowest BCUT2D eigenvalue weighted by Gasteiger charge is -2.12. The Hall–Kier alpha value is -2.73. The Bertz CT molecular complexity index is 934. The van der Waals surface area contributed by atoms with E-state index in [1.54, 1.807) is 0 Å². The van der Waals surface area contributed by atoms with Gasteiger partial charge in [-0.05, 0) is 44.0 Å². The molecule has 0 aliphatic rings. The van der Waals surface area contributed by atoms with Crippen LogP contribution in [0.1, 0.15) is 16.7 Å². The molecule has 3 heteroatoms. The van der Waals surface area contributed by atoms with Crippen molar-refractivity contribution in [2.45, 2.75) is 20.8 Å². The molecule has 3 aromatic rings. The zero-order valence-electron chi connectivity index (χ0n) is 13.3. The van der Waals surface area contributed by atoms with Crippen LogP contribution in [-0.2, 0) is 7.05 Å². The lowest BCUT2D eigenvalue weighted by Crippen LogP contribution is -2.31. The molecule has 0 radical (unpaired) electrons. The molecule has 108 valence electrons. The van der Waals surface area contributed by atoms with Crippen LogP contribution in [0.15, 0.2) is 36.7 Å². The Labute approximate surface area is 130 Å². The normalized spacial score (nSPS) is 10.7. The molecule has 0 fully saturated rings. The van der Waals surface area contributed by atoms with Crippen LogP contribution in [0.2, 0.25) is 0 Å². The van der Waals surface area contributed by atoms with E-state index in [9.17, 15) is 0 Å². The SMILES string of the molecule is [C-]#[N+]c1ccc2c(-c3cc(C)cc(C)c3C)[n+](C)cnc2c1. The third-order valence-corrected chi connectivity index (χ3v) is 4.16. The summed E-state index contributed by atoms with van der Waals surface area (Å²) < 4.78 is 2.06. The van der Waals surface area contributed by atoms with E-state index in [0.717, 1.165) is 16.6 Å². The predicted octanol–water partition coefficient (Wildman–Crippen LogP) is 4.20. The Kier molecular flexibility index (Phi) is 3.38. The van der Waals surface area contributed by atoms with Crippen molar-refractivity contribution < 1.29 is 4.57 Å². The van der Waals surface area contributed by atoms with Crippen molar-refractivity contribution >= 4 is 16.6 Å². The molecule has 0 unspecified atom stereocenters. The Balaban J connectivity index is 2.41. The zero-order chi connectivity index (χ0) is 15.9. The second kappa shape index (κ2) is 5.23. The van der Waals surface area contributed by atoms with Gasteiger partial charge in [0, 0.05) is 5.56 Å². The third-order valence-electron chi connectivity index (χ3n) is 4.16. The minimum Gasteiger partial charge on any atom is -0.238 e. The zero-order valence-corrected chi connectivity index (χ0v) is 13.3. The Morgan fingerprint density at radius 2 is 1.86 bits per heavy atom. The van der Waals surface area contributed by atoms with Gasteiger partial charge in [-0.15, -0.1) is 0 Å². The summed E-state index contributed by atoms with van der Waals surface area (Å²) in [5, 5.41) is 1.07. The van der Waals surface area contributed by atoms with Crippen molar-refractivity contribution in [3.8, 4) is 11.3 Å². The molecule has 3 rings (SSSR count). The van der Waals surface area contributed by atoms with Crippen molar-refractivity contribution in [3.05, 3.63) is 64.8 Å². The van der Waals surface area contributed by atoms with Gasteiger partial charge in [-0.25, -0.2) is 9.41 Å². The molecule has 1 heterocycles. The molecular formula is C19H18N3+. The first-order valence-electron chi connectivity index (χ1n) is 7.25. The smallest absolute Gasteiger partial charge is 0.238 e. The number of hydrogen-bond donors (Lipinski definition) is 0. The van der Waals surface area contributed by atoms with Crippen LogP contribution >= 0.6 is 0 Å². The Morgan fingerprint density at radius 1 is 1.09 bits per heavy atom. The number of rotatable bonds is 1. The van der Waals surface area contributed by atoms with Gasteiger partial charge in [-0.1, -0.05) is 28.7 Å². The molecule has 0 N–H and O–H groups in total. The highest BCUT2D eigenvalue weighted by atomic mass is 15.0. The van der Waals surface area contributed by atoms with E-state index in [1.807, 2.05) is 31.6 Å². The molecule has 22 heavy (non-hydrogen) atoms. The van der Waals surface area contributed by atoms with Gasteiger partial charge >= 0.3 is 0 Å². The van der Waals surface area contributed by atoms with Crippen molar-refractivity contribution in [1.29, 1.82) is 0 Å². The van der Waals surface area contributed by atoms with Gasteiger partial charge in [0.05, 0.1) is 19.0 Å². The van der Waals surface area contributed by atoms with Crippen molar-refractivity contribution in [2.24, 2.45) is 7.05 Å². The predicted molar refractivity (Wildman–Crippen MR) is 88.8 cm³/mol. The number of nitrogens with zero attached hydrogens (tertiary/aromatic N) is 3. The molecule has 0 atom stereocenters. The first kappa shape index (κ1) is 14.2. The second-order valence-electron chi connectivity index (χ2n) is 5.77. The summed E-state index contributed by atoms with van der Waals surface area (Å²) in [4.78, 5) is 7.96. The topological polar surface area (TPSA) is 21.1 Å². The summed E-state index contributed by atoms with van der Waals surface area (Å²) in [5.41, 5.74) is 7.67.